The van der Waals surface area contributed by atoms with Crippen LogP contribution in [-0.4, -0.2) is 18.0 Å². The molecule has 0 N–H and O–H groups in total. The Morgan fingerprint density at radius 2 is 2.28 bits per heavy atom. The molecule has 1 aromatic carbocycles. The Morgan fingerprint density at radius 3 is 2.89 bits per heavy atom. The number of carbonyl (C=O) groups excluding carboxylic acids is 1. The van der Waals surface area contributed by atoms with Crippen molar-refractivity contribution in [2.75, 3.05) is 7.11 Å². The second-order valence-corrected chi connectivity index (χ2v) is 3.88. The molecular formula is C14H12N2O2. The van der Waals surface area contributed by atoms with Gasteiger partial charge in [0.15, 0.2) is 6.29 Å². The van der Waals surface area contributed by atoms with Crippen molar-refractivity contribution in [1.82, 2.24) is 4.57 Å². The van der Waals surface area contributed by atoms with Gasteiger partial charge in [0.2, 0.25) is 0 Å². The number of aldehydes is 1. The van der Waals surface area contributed by atoms with Crippen LogP contribution in [0.3, 0.4) is 0 Å². The van der Waals surface area contributed by atoms with Crippen molar-refractivity contribution >= 4 is 6.29 Å². The molecule has 1 heterocycles. The van der Waals surface area contributed by atoms with Crippen molar-refractivity contribution in [2.24, 2.45) is 0 Å². The monoisotopic (exact) mass is 240 g/mol. The topological polar surface area (TPSA) is 55.0 Å². The van der Waals surface area contributed by atoms with Gasteiger partial charge in [0.25, 0.3) is 0 Å². The van der Waals surface area contributed by atoms with Gasteiger partial charge in [-0.15, -0.1) is 0 Å². The molecule has 0 radical (unpaired) electrons. The van der Waals surface area contributed by atoms with Crippen LogP contribution in [0.2, 0.25) is 0 Å². The predicted molar refractivity (Wildman–Crippen MR) is 66.6 cm³/mol. The third-order valence-corrected chi connectivity index (χ3v) is 2.66. The molecule has 0 amide bonds. The van der Waals surface area contributed by atoms with Crippen LogP contribution in [0.5, 0.6) is 5.75 Å². The highest BCUT2D eigenvalue weighted by Crippen LogP contribution is 2.19. The van der Waals surface area contributed by atoms with E-state index in [-0.39, 0.29) is 0 Å². The number of hydrogen-bond donors (Lipinski definition) is 0. The Labute approximate surface area is 105 Å². The first-order valence-electron chi connectivity index (χ1n) is 5.45. The van der Waals surface area contributed by atoms with Crippen LogP contribution in [-0.2, 0) is 6.54 Å². The van der Waals surface area contributed by atoms with Gasteiger partial charge in [0.05, 0.1) is 12.7 Å². The largest absolute Gasteiger partial charge is 0.495 e. The summed E-state index contributed by atoms with van der Waals surface area (Å²) in [6.07, 6.45) is 4.41. The van der Waals surface area contributed by atoms with Crippen molar-refractivity contribution in [3.05, 3.63) is 53.3 Å². The van der Waals surface area contributed by atoms with Crippen LogP contribution in [0.15, 0.2) is 36.7 Å². The van der Waals surface area contributed by atoms with E-state index >= 15 is 0 Å². The Kier molecular flexibility index (Phi) is 3.44. The van der Waals surface area contributed by atoms with Gasteiger partial charge in [0.1, 0.15) is 11.8 Å². The Morgan fingerprint density at radius 1 is 1.44 bits per heavy atom. The van der Waals surface area contributed by atoms with Crippen LogP contribution in [0, 0.1) is 11.3 Å². The molecule has 0 atom stereocenters. The quantitative estimate of drug-likeness (QED) is 0.770. The molecule has 4 heteroatoms. The van der Waals surface area contributed by atoms with Crippen LogP contribution in [0.1, 0.15) is 21.5 Å². The van der Waals surface area contributed by atoms with E-state index in [4.69, 9.17) is 10.00 Å². The Balaban J connectivity index is 2.24. The molecule has 0 spiro atoms. The van der Waals surface area contributed by atoms with Crippen molar-refractivity contribution in [1.29, 1.82) is 5.26 Å². The first-order chi connectivity index (χ1) is 8.76. The molecule has 0 aliphatic heterocycles. The second kappa shape index (κ2) is 5.19. The first kappa shape index (κ1) is 11.9. The highest BCUT2D eigenvalue weighted by Gasteiger charge is 2.04. The lowest BCUT2D eigenvalue weighted by atomic mass is 10.1. The molecule has 4 nitrogen and oxygen atoms in total. The summed E-state index contributed by atoms with van der Waals surface area (Å²) in [4.78, 5) is 10.6. The molecule has 0 saturated carbocycles. The normalized spacial score (nSPS) is 9.78. The number of aromatic nitrogens is 1. The Hall–Kier alpha value is -2.54. The van der Waals surface area contributed by atoms with Gasteiger partial charge in [-0.05, 0) is 23.8 Å². The fourth-order valence-corrected chi connectivity index (χ4v) is 1.78. The van der Waals surface area contributed by atoms with E-state index in [9.17, 15) is 4.79 Å². The zero-order valence-electron chi connectivity index (χ0n) is 9.96. The maximum absolute atomic E-state index is 10.6. The van der Waals surface area contributed by atoms with E-state index in [1.165, 1.54) is 7.11 Å². The molecule has 0 unspecified atom stereocenters. The molecular weight excluding hydrogens is 228 g/mol. The number of nitrogens with zero attached hydrogens (tertiary/aromatic N) is 2. The zero-order valence-corrected chi connectivity index (χ0v) is 9.96. The first-order valence-corrected chi connectivity index (χ1v) is 5.45. The molecule has 2 aromatic rings. The molecule has 0 aliphatic rings. The van der Waals surface area contributed by atoms with Gasteiger partial charge < -0.3 is 9.30 Å². The minimum absolute atomic E-state index is 0.512. The molecule has 0 saturated heterocycles. The van der Waals surface area contributed by atoms with Crippen LogP contribution in [0.4, 0.5) is 0 Å². The summed E-state index contributed by atoms with van der Waals surface area (Å²) >= 11 is 0. The van der Waals surface area contributed by atoms with Gasteiger partial charge in [0, 0.05) is 24.5 Å². The number of benzene rings is 1. The summed E-state index contributed by atoms with van der Waals surface area (Å²) in [7, 11) is 1.54. The number of carbonyl (C=O) groups is 1. The fraction of sp³-hybridized carbons (Fsp3) is 0.143. The summed E-state index contributed by atoms with van der Waals surface area (Å²) in [5.41, 5.74) is 2.14. The van der Waals surface area contributed by atoms with E-state index in [2.05, 4.69) is 6.07 Å². The van der Waals surface area contributed by atoms with Gasteiger partial charge >= 0.3 is 0 Å². The number of methoxy groups -OCH3 is 1. The maximum Gasteiger partial charge on any atom is 0.151 e. The van der Waals surface area contributed by atoms with Crippen LogP contribution < -0.4 is 4.74 Å². The molecule has 0 bridgehead atoms. The third kappa shape index (κ3) is 2.41. The molecule has 0 fully saturated rings. The average Bonchev–Trinajstić information content (AvgIpc) is 2.86. The van der Waals surface area contributed by atoms with Crippen molar-refractivity contribution in [3.63, 3.8) is 0 Å². The number of nitriles is 1. The summed E-state index contributed by atoms with van der Waals surface area (Å²) in [6, 6.07) is 9.32. The van der Waals surface area contributed by atoms with Crippen molar-refractivity contribution < 1.29 is 9.53 Å². The number of hydrogen-bond acceptors (Lipinski definition) is 3. The smallest absolute Gasteiger partial charge is 0.151 e. The highest BCUT2D eigenvalue weighted by atomic mass is 16.5. The number of rotatable bonds is 4. The van der Waals surface area contributed by atoms with E-state index in [1.807, 2.05) is 16.8 Å². The summed E-state index contributed by atoms with van der Waals surface area (Å²) in [5.74, 6) is 0.572. The van der Waals surface area contributed by atoms with Gasteiger partial charge in [-0.2, -0.15) is 5.26 Å². The molecule has 1 aromatic heterocycles. The minimum Gasteiger partial charge on any atom is -0.495 e. The predicted octanol–water partition coefficient (Wildman–Crippen LogP) is 2.23. The number of ether oxygens (including phenoxy) is 1. The maximum atomic E-state index is 10.6. The molecule has 18 heavy (non-hydrogen) atoms. The summed E-state index contributed by atoms with van der Waals surface area (Å²) < 4.78 is 6.98. The SMILES string of the molecule is COc1ccc(Cn2ccc(C=O)c2)cc1C#N. The lowest BCUT2D eigenvalue weighted by Crippen LogP contribution is -1.98. The summed E-state index contributed by atoms with van der Waals surface area (Å²) in [6.45, 7) is 0.618. The van der Waals surface area contributed by atoms with Crippen LogP contribution >= 0.6 is 0 Å². The molecule has 0 aliphatic carbocycles. The third-order valence-electron chi connectivity index (χ3n) is 2.66. The lowest BCUT2D eigenvalue weighted by molar-refractivity contribution is 0.112. The highest BCUT2D eigenvalue weighted by molar-refractivity contribution is 5.74. The van der Waals surface area contributed by atoms with Gasteiger partial charge in [-0.3, -0.25) is 4.79 Å². The standard InChI is InChI=1S/C14H12N2O2/c1-18-14-3-2-11(6-13(14)7-15)8-16-5-4-12(9-16)10-17/h2-6,9-10H,8H2,1H3. The molecule has 2 rings (SSSR count). The van der Waals surface area contributed by atoms with Crippen molar-refractivity contribution in [2.45, 2.75) is 6.54 Å². The lowest BCUT2D eigenvalue weighted by Gasteiger charge is -2.06. The van der Waals surface area contributed by atoms with E-state index in [1.54, 1.807) is 24.4 Å². The molecule has 90 valence electrons. The van der Waals surface area contributed by atoms with E-state index in [0.29, 0.717) is 23.4 Å². The van der Waals surface area contributed by atoms with E-state index < -0.39 is 0 Å². The summed E-state index contributed by atoms with van der Waals surface area (Å²) in [5, 5.41) is 9.00. The fourth-order valence-electron chi connectivity index (χ4n) is 1.78. The van der Waals surface area contributed by atoms with Crippen LogP contribution in [0.25, 0.3) is 0 Å². The average molecular weight is 240 g/mol. The Bertz CT molecular complexity index is 608. The van der Waals surface area contributed by atoms with E-state index in [0.717, 1.165) is 11.8 Å². The zero-order chi connectivity index (χ0) is 13.0. The van der Waals surface area contributed by atoms with Gasteiger partial charge in [-0.1, -0.05) is 6.07 Å². The second-order valence-electron chi connectivity index (χ2n) is 3.88. The minimum atomic E-state index is 0.512. The van der Waals surface area contributed by atoms with Crippen molar-refractivity contribution in [3.8, 4) is 11.8 Å². The van der Waals surface area contributed by atoms with Gasteiger partial charge in [-0.25, -0.2) is 0 Å².